The van der Waals surface area contributed by atoms with Crippen molar-refractivity contribution in [1.29, 1.82) is 0 Å². The van der Waals surface area contributed by atoms with E-state index >= 15 is 0 Å². The lowest BCUT2D eigenvalue weighted by atomic mass is 9.41. The largest absolute Gasteiger partial charge is 0.393 e. The monoisotopic (exact) mass is 502 g/mol. The van der Waals surface area contributed by atoms with Gasteiger partial charge >= 0.3 is 0 Å². The van der Waals surface area contributed by atoms with Gasteiger partial charge in [-0.2, -0.15) is 0 Å². The molecule has 5 rings (SSSR count). The zero-order valence-electron chi connectivity index (χ0n) is 23.5. The molecule has 206 valence electrons. The summed E-state index contributed by atoms with van der Waals surface area (Å²) in [5.41, 5.74) is 0.547. The second-order valence-electron chi connectivity index (χ2n) is 14.3. The molecule has 0 aromatic heterocycles. The maximum atomic E-state index is 12.6. The number of carbonyl (C=O) groups excluding carboxylic acids is 1. The van der Waals surface area contributed by atoms with Crippen LogP contribution < -0.4 is 10.6 Å². The van der Waals surface area contributed by atoms with Crippen LogP contribution in [0.2, 0.25) is 0 Å². The summed E-state index contributed by atoms with van der Waals surface area (Å²) in [5, 5.41) is 29.0. The minimum atomic E-state index is -0.224. The molecule has 1 heterocycles. The third-order valence-corrected chi connectivity index (χ3v) is 12.7. The van der Waals surface area contributed by atoms with Gasteiger partial charge in [-0.15, -0.1) is 0 Å². The van der Waals surface area contributed by atoms with Gasteiger partial charge in [0.15, 0.2) is 0 Å². The Hall–Kier alpha value is -0.650. The van der Waals surface area contributed by atoms with Gasteiger partial charge in [0.1, 0.15) is 0 Å². The minimum absolute atomic E-state index is 0.182. The van der Waals surface area contributed by atoms with Crippen LogP contribution in [0.15, 0.2) is 0 Å². The molecule has 0 aromatic carbocycles. The average Bonchev–Trinajstić information content (AvgIpc) is 3.50. The molecule has 4 aliphatic carbocycles. The maximum Gasteiger partial charge on any atom is 0.220 e. The first-order chi connectivity index (χ1) is 17.2. The van der Waals surface area contributed by atoms with E-state index in [2.05, 4.69) is 38.3 Å². The van der Waals surface area contributed by atoms with Crippen molar-refractivity contribution in [3.63, 3.8) is 0 Å². The summed E-state index contributed by atoms with van der Waals surface area (Å²) in [7, 11) is 0. The summed E-state index contributed by atoms with van der Waals surface area (Å²) in [6.45, 7) is 12.6. The number of aliphatic hydroxyl groups excluding tert-OH is 2. The van der Waals surface area contributed by atoms with Gasteiger partial charge in [-0.05, 0) is 129 Å². The first-order valence-electron chi connectivity index (χ1n) is 15.5. The molecule has 0 aromatic rings. The fraction of sp³-hybridized carbons (Fsp3) is 0.968. The smallest absolute Gasteiger partial charge is 0.220 e. The predicted molar refractivity (Wildman–Crippen MR) is 144 cm³/mol. The molecule has 5 heteroatoms. The van der Waals surface area contributed by atoms with Crippen LogP contribution in [0.5, 0.6) is 0 Å². The van der Waals surface area contributed by atoms with Crippen LogP contribution in [0.4, 0.5) is 0 Å². The Labute approximate surface area is 220 Å². The Morgan fingerprint density at radius 3 is 2.50 bits per heavy atom. The molecule has 12 atom stereocenters. The van der Waals surface area contributed by atoms with Gasteiger partial charge in [0, 0.05) is 13.0 Å². The second-order valence-corrected chi connectivity index (χ2v) is 14.3. The van der Waals surface area contributed by atoms with Crippen LogP contribution in [0.25, 0.3) is 0 Å². The van der Waals surface area contributed by atoms with Crippen LogP contribution in [0.3, 0.4) is 0 Å². The van der Waals surface area contributed by atoms with E-state index in [1.54, 1.807) is 0 Å². The summed E-state index contributed by atoms with van der Waals surface area (Å²) in [6.07, 6.45) is 11.3. The Morgan fingerprint density at radius 1 is 1.03 bits per heavy atom. The van der Waals surface area contributed by atoms with Crippen molar-refractivity contribution in [3.05, 3.63) is 0 Å². The molecule has 36 heavy (non-hydrogen) atoms. The van der Waals surface area contributed by atoms with Crippen LogP contribution in [-0.4, -0.2) is 48.0 Å². The number of nitrogens with one attached hydrogen (secondary N) is 2. The lowest BCUT2D eigenvalue weighted by Gasteiger charge is -2.64. The topological polar surface area (TPSA) is 81.6 Å². The highest BCUT2D eigenvalue weighted by Gasteiger charge is 2.64. The van der Waals surface area contributed by atoms with E-state index in [0.717, 1.165) is 51.7 Å². The van der Waals surface area contributed by atoms with Crippen molar-refractivity contribution >= 4 is 5.91 Å². The molecule has 5 nitrogen and oxygen atoms in total. The van der Waals surface area contributed by atoms with E-state index in [-0.39, 0.29) is 28.9 Å². The van der Waals surface area contributed by atoms with Crippen LogP contribution in [0, 0.1) is 58.2 Å². The molecule has 0 radical (unpaired) electrons. The Bertz CT molecular complexity index is 784. The van der Waals surface area contributed by atoms with Gasteiger partial charge in [-0.25, -0.2) is 0 Å². The van der Waals surface area contributed by atoms with Gasteiger partial charge in [-0.1, -0.05) is 34.1 Å². The normalized spacial score (nSPS) is 49.1. The first-order valence-corrected chi connectivity index (χ1v) is 15.5. The van der Waals surface area contributed by atoms with E-state index in [4.69, 9.17) is 0 Å². The van der Waals surface area contributed by atoms with Crippen LogP contribution in [0.1, 0.15) is 98.3 Å². The summed E-state index contributed by atoms with van der Waals surface area (Å²) in [4.78, 5) is 12.6. The SMILES string of the molecule is CC[C@H]1[C@@H](O)[C@@H]2[C@H](CC[C@]3(C)[C@@H]([C@H](C)CCC(=O)NCC4CCNC4)CC[C@@H]23)[C@@]2(C)CC[C@@H](O)C[C@@H]12. The molecule has 0 spiro atoms. The van der Waals surface area contributed by atoms with Crippen molar-refractivity contribution < 1.29 is 15.0 Å². The molecule has 1 amide bonds. The first kappa shape index (κ1) is 26.9. The summed E-state index contributed by atoms with van der Waals surface area (Å²) in [6, 6.07) is 0. The van der Waals surface area contributed by atoms with E-state index in [1.807, 2.05) is 0 Å². The number of hydrogen-bond acceptors (Lipinski definition) is 4. The molecule has 1 unspecified atom stereocenters. The van der Waals surface area contributed by atoms with Gasteiger partial charge in [0.2, 0.25) is 5.91 Å². The maximum absolute atomic E-state index is 12.6. The summed E-state index contributed by atoms with van der Waals surface area (Å²) >= 11 is 0. The quantitative estimate of drug-likeness (QED) is 0.405. The van der Waals surface area contributed by atoms with Gasteiger partial charge in [-0.3, -0.25) is 4.79 Å². The summed E-state index contributed by atoms with van der Waals surface area (Å²) in [5.74, 6) is 4.41. The number of aliphatic hydroxyl groups is 2. The van der Waals surface area contributed by atoms with Gasteiger partial charge < -0.3 is 20.8 Å². The average molecular weight is 503 g/mol. The molecular formula is C31H54N2O3. The van der Waals surface area contributed by atoms with E-state index < -0.39 is 0 Å². The zero-order valence-corrected chi connectivity index (χ0v) is 23.5. The fourth-order valence-electron chi connectivity index (χ4n) is 10.7. The van der Waals surface area contributed by atoms with Crippen molar-refractivity contribution in [2.45, 2.75) is 111 Å². The molecule has 0 bridgehead atoms. The van der Waals surface area contributed by atoms with Crippen molar-refractivity contribution in [3.8, 4) is 0 Å². The van der Waals surface area contributed by atoms with Crippen molar-refractivity contribution in [2.24, 2.45) is 58.2 Å². The third-order valence-electron chi connectivity index (χ3n) is 12.7. The van der Waals surface area contributed by atoms with Crippen molar-refractivity contribution in [2.75, 3.05) is 19.6 Å². The molecule has 1 aliphatic heterocycles. The number of hydrogen-bond donors (Lipinski definition) is 4. The minimum Gasteiger partial charge on any atom is -0.393 e. The highest BCUT2D eigenvalue weighted by Crippen LogP contribution is 2.69. The second kappa shape index (κ2) is 10.5. The molecule has 4 saturated carbocycles. The third kappa shape index (κ3) is 4.57. The fourth-order valence-corrected chi connectivity index (χ4v) is 10.7. The number of amides is 1. The lowest BCUT2D eigenvalue weighted by Crippen LogP contribution is -2.62. The highest BCUT2D eigenvalue weighted by atomic mass is 16.3. The van der Waals surface area contributed by atoms with Crippen molar-refractivity contribution in [1.82, 2.24) is 10.6 Å². The number of carbonyl (C=O) groups is 1. The van der Waals surface area contributed by atoms with Gasteiger partial charge in [0.25, 0.3) is 0 Å². The van der Waals surface area contributed by atoms with E-state index in [0.29, 0.717) is 53.8 Å². The molecule has 5 fully saturated rings. The molecule has 1 saturated heterocycles. The number of fused-ring (bicyclic) bond motifs is 5. The Kier molecular flexibility index (Phi) is 7.85. The zero-order chi connectivity index (χ0) is 25.7. The number of rotatable bonds is 7. The molecule has 5 aliphatic rings. The van der Waals surface area contributed by atoms with E-state index in [9.17, 15) is 15.0 Å². The lowest BCUT2D eigenvalue weighted by molar-refractivity contribution is -0.203. The van der Waals surface area contributed by atoms with Crippen LogP contribution >= 0.6 is 0 Å². The van der Waals surface area contributed by atoms with Crippen LogP contribution in [-0.2, 0) is 4.79 Å². The highest BCUT2D eigenvalue weighted by molar-refractivity contribution is 5.75. The summed E-state index contributed by atoms with van der Waals surface area (Å²) < 4.78 is 0. The standard InChI is InChI=1S/C31H54N2O3/c1-5-22-26-16-21(34)10-13-31(26,4)25-11-14-30(3)23(7-8-24(30)28(25)29(22)36)19(2)6-9-27(35)33-18-20-12-15-32-17-20/h19-26,28-29,32,34,36H,5-18H2,1-4H3,(H,33,35)/t19-,20?,21-,22-,23-,24+,25+,26+,28+,29-,30-,31-/m1/s1. The van der Waals surface area contributed by atoms with Gasteiger partial charge in [0.05, 0.1) is 12.2 Å². The van der Waals surface area contributed by atoms with E-state index in [1.165, 1.54) is 32.1 Å². The Balaban J connectivity index is 1.25. The predicted octanol–water partition coefficient (Wildman–Crippen LogP) is 4.76. The molecular weight excluding hydrogens is 448 g/mol. The molecule has 4 N–H and O–H groups in total. The Morgan fingerprint density at radius 2 is 1.78 bits per heavy atom.